The molecule has 0 saturated carbocycles. The molecule has 3 heterocycles. The lowest BCUT2D eigenvalue weighted by Gasteiger charge is -2.05. The number of halogens is 1. The van der Waals surface area contributed by atoms with Gasteiger partial charge in [0, 0.05) is 5.56 Å². The molecule has 0 amide bonds. The largest absolute Gasteiger partial charge is 0.389 e. The third-order valence-electron chi connectivity index (χ3n) is 3.63. The summed E-state index contributed by atoms with van der Waals surface area (Å²) in [6, 6.07) is 13.8. The van der Waals surface area contributed by atoms with Crippen molar-refractivity contribution in [2.75, 3.05) is 0 Å². The van der Waals surface area contributed by atoms with Crippen LogP contribution >= 0.6 is 23.6 Å². The number of hydrogen-bond acceptors (Lipinski definition) is 4. The van der Waals surface area contributed by atoms with Crippen LogP contribution in [0, 0.1) is 5.82 Å². The van der Waals surface area contributed by atoms with Gasteiger partial charge in [0.25, 0.3) is 0 Å². The van der Waals surface area contributed by atoms with Crippen LogP contribution < -0.4 is 5.73 Å². The Morgan fingerprint density at radius 1 is 1.12 bits per heavy atom. The predicted octanol–water partition coefficient (Wildman–Crippen LogP) is 3.90. The molecule has 0 aliphatic rings. The van der Waals surface area contributed by atoms with Gasteiger partial charge in [-0.2, -0.15) is 0 Å². The number of hydrogen-bond donors (Lipinski definition) is 1. The van der Waals surface area contributed by atoms with E-state index >= 15 is 0 Å². The van der Waals surface area contributed by atoms with E-state index in [0.29, 0.717) is 17.0 Å². The van der Waals surface area contributed by atoms with Gasteiger partial charge in [0.2, 0.25) is 0 Å². The molecular weight excluding hydrogens is 343 g/mol. The molecule has 0 radical (unpaired) electrons. The van der Waals surface area contributed by atoms with E-state index in [9.17, 15) is 4.39 Å². The van der Waals surface area contributed by atoms with E-state index in [2.05, 4.69) is 10.1 Å². The van der Waals surface area contributed by atoms with E-state index in [0.717, 1.165) is 16.1 Å². The first-order valence-electron chi connectivity index (χ1n) is 7.13. The number of fused-ring (bicyclic) bond motifs is 1. The fourth-order valence-electron chi connectivity index (χ4n) is 2.49. The quantitative estimate of drug-likeness (QED) is 0.567. The number of nitrogens with two attached hydrogens (primary N) is 1. The van der Waals surface area contributed by atoms with Crippen LogP contribution in [0.15, 0.2) is 53.9 Å². The van der Waals surface area contributed by atoms with E-state index in [4.69, 9.17) is 18.0 Å². The molecule has 24 heavy (non-hydrogen) atoms. The van der Waals surface area contributed by atoms with Crippen molar-refractivity contribution in [1.82, 2.24) is 14.6 Å². The van der Waals surface area contributed by atoms with Gasteiger partial charge in [-0.25, -0.2) is 13.9 Å². The Kier molecular flexibility index (Phi) is 3.59. The summed E-state index contributed by atoms with van der Waals surface area (Å²) in [5, 5.41) is 6.59. The van der Waals surface area contributed by atoms with Crippen molar-refractivity contribution < 1.29 is 4.39 Å². The third kappa shape index (κ3) is 2.47. The highest BCUT2D eigenvalue weighted by atomic mass is 32.1. The van der Waals surface area contributed by atoms with Crippen molar-refractivity contribution >= 4 is 34.2 Å². The van der Waals surface area contributed by atoms with E-state index in [1.54, 1.807) is 28.0 Å². The Labute approximate surface area is 146 Å². The molecule has 0 fully saturated rings. The van der Waals surface area contributed by atoms with Gasteiger partial charge in [0.1, 0.15) is 10.8 Å². The highest BCUT2D eigenvalue weighted by Gasteiger charge is 2.16. The minimum atomic E-state index is -0.300. The lowest BCUT2D eigenvalue weighted by Crippen LogP contribution is -2.12. The van der Waals surface area contributed by atoms with Crippen LogP contribution in [0.5, 0.6) is 0 Å². The maximum absolute atomic E-state index is 13.1. The molecule has 2 N–H and O–H groups in total. The molecule has 118 valence electrons. The maximum Gasteiger partial charge on any atom is 0.182 e. The van der Waals surface area contributed by atoms with Gasteiger partial charge in [-0.3, -0.25) is 0 Å². The van der Waals surface area contributed by atoms with Crippen molar-refractivity contribution in [2.45, 2.75) is 0 Å². The van der Waals surface area contributed by atoms with Crippen LogP contribution in [0.25, 0.3) is 27.6 Å². The molecule has 0 spiro atoms. The number of thiophene rings is 1. The average molecular weight is 354 g/mol. The Morgan fingerprint density at radius 2 is 1.92 bits per heavy atom. The number of nitrogens with zero attached hydrogens (tertiary/aromatic N) is 3. The number of benzene rings is 1. The van der Waals surface area contributed by atoms with E-state index in [1.807, 2.05) is 29.6 Å². The maximum atomic E-state index is 13.1. The van der Waals surface area contributed by atoms with Gasteiger partial charge in [-0.05, 0) is 47.8 Å². The average Bonchev–Trinajstić information content (AvgIpc) is 3.24. The summed E-state index contributed by atoms with van der Waals surface area (Å²) < 4.78 is 14.9. The normalized spacial score (nSPS) is 11.0. The fourth-order valence-corrected chi connectivity index (χ4v) is 3.38. The SMILES string of the molecule is NC(=S)c1ccc(-c2cccs2)n2nc(-c3ccc(F)cc3)nc12. The predicted molar refractivity (Wildman–Crippen MR) is 97.6 cm³/mol. The monoisotopic (exact) mass is 354 g/mol. The minimum Gasteiger partial charge on any atom is -0.389 e. The number of aromatic nitrogens is 3. The molecule has 0 atom stereocenters. The van der Waals surface area contributed by atoms with Gasteiger partial charge in [0.15, 0.2) is 11.5 Å². The van der Waals surface area contributed by atoms with Crippen molar-refractivity contribution in [3.8, 4) is 22.0 Å². The van der Waals surface area contributed by atoms with Crippen LogP contribution in [0.2, 0.25) is 0 Å². The molecule has 0 aliphatic carbocycles. The highest BCUT2D eigenvalue weighted by Crippen LogP contribution is 2.28. The zero-order valence-corrected chi connectivity index (χ0v) is 13.9. The van der Waals surface area contributed by atoms with Gasteiger partial charge < -0.3 is 5.73 Å². The fraction of sp³-hybridized carbons (Fsp3) is 0. The summed E-state index contributed by atoms with van der Waals surface area (Å²) in [6.07, 6.45) is 0. The summed E-state index contributed by atoms with van der Waals surface area (Å²) in [4.78, 5) is 5.89. The molecule has 0 aliphatic heterocycles. The van der Waals surface area contributed by atoms with Crippen LogP contribution in [0.1, 0.15) is 5.56 Å². The summed E-state index contributed by atoms with van der Waals surface area (Å²) in [5.74, 6) is 0.196. The second-order valence-corrected chi connectivity index (χ2v) is 6.54. The summed E-state index contributed by atoms with van der Waals surface area (Å²) in [5.41, 5.74) is 8.70. The third-order valence-corrected chi connectivity index (χ3v) is 4.74. The van der Waals surface area contributed by atoms with Crippen LogP contribution in [-0.2, 0) is 0 Å². The van der Waals surface area contributed by atoms with Crippen molar-refractivity contribution in [3.05, 3.63) is 65.3 Å². The second-order valence-electron chi connectivity index (χ2n) is 5.15. The molecule has 0 bridgehead atoms. The van der Waals surface area contributed by atoms with Crippen LogP contribution in [0.4, 0.5) is 4.39 Å². The van der Waals surface area contributed by atoms with E-state index in [1.165, 1.54) is 12.1 Å². The minimum absolute atomic E-state index is 0.260. The topological polar surface area (TPSA) is 56.2 Å². The highest BCUT2D eigenvalue weighted by molar-refractivity contribution is 7.80. The molecule has 4 aromatic rings. The van der Waals surface area contributed by atoms with Crippen molar-refractivity contribution in [2.24, 2.45) is 5.73 Å². The van der Waals surface area contributed by atoms with Crippen LogP contribution in [0.3, 0.4) is 0 Å². The van der Waals surface area contributed by atoms with Gasteiger partial charge in [0.05, 0.1) is 16.1 Å². The van der Waals surface area contributed by atoms with Crippen molar-refractivity contribution in [3.63, 3.8) is 0 Å². The Bertz CT molecular complexity index is 1040. The lowest BCUT2D eigenvalue weighted by molar-refractivity contribution is 0.628. The Hall–Kier alpha value is -2.64. The summed E-state index contributed by atoms with van der Waals surface area (Å²) in [6.45, 7) is 0. The molecule has 0 unspecified atom stereocenters. The Balaban J connectivity index is 1.98. The first-order valence-corrected chi connectivity index (χ1v) is 8.41. The summed E-state index contributed by atoms with van der Waals surface area (Å²) >= 11 is 6.74. The molecular formula is C17H11FN4S2. The lowest BCUT2D eigenvalue weighted by atomic mass is 10.2. The van der Waals surface area contributed by atoms with E-state index in [-0.39, 0.29) is 10.8 Å². The summed E-state index contributed by atoms with van der Waals surface area (Å²) in [7, 11) is 0. The van der Waals surface area contributed by atoms with Gasteiger partial charge in [-0.15, -0.1) is 16.4 Å². The standard InChI is InChI=1S/C17H11FN4S2/c18-11-5-3-10(4-6-11)16-20-17-12(15(19)23)7-8-13(22(17)21-16)14-2-1-9-24-14/h1-9H,(H2,19,23). The molecule has 7 heteroatoms. The number of thiocarbonyl (C=S) groups is 1. The smallest absolute Gasteiger partial charge is 0.182 e. The molecule has 0 saturated heterocycles. The molecule has 4 nitrogen and oxygen atoms in total. The molecule has 3 aromatic heterocycles. The number of pyridine rings is 1. The molecule has 4 rings (SSSR count). The molecule has 1 aromatic carbocycles. The van der Waals surface area contributed by atoms with E-state index < -0.39 is 0 Å². The number of rotatable bonds is 3. The zero-order chi connectivity index (χ0) is 16.7. The van der Waals surface area contributed by atoms with Crippen LogP contribution in [-0.4, -0.2) is 19.6 Å². The first kappa shape index (κ1) is 14.9. The van der Waals surface area contributed by atoms with Crippen molar-refractivity contribution in [1.29, 1.82) is 0 Å². The Morgan fingerprint density at radius 3 is 2.58 bits per heavy atom. The zero-order valence-electron chi connectivity index (χ0n) is 12.3. The van der Waals surface area contributed by atoms with Gasteiger partial charge >= 0.3 is 0 Å². The van der Waals surface area contributed by atoms with Gasteiger partial charge in [-0.1, -0.05) is 18.3 Å². The second kappa shape index (κ2) is 5.77. The first-order chi connectivity index (χ1) is 11.6.